The van der Waals surface area contributed by atoms with Crippen LogP contribution in [0.25, 0.3) is 0 Å². The van der Waals surface area contributed by atoms with Crippen molar-refractivity contribution in [2.75, 3.05) is 0 Å². The Morgan fingerprint density at radius 1 is 0.810 bits per heavy atom. The van der Waals surface area contributed by atoms with Gasteiger partial charge in [0.05, 0.1) is 5.56 Å². The molecule has 0 bridgehead atoms. The number of esters is 1. The first-order valence-electron chi connectivity index (χ1n) is 8.59. The monoisotopic (exact) mass is 286 g/mol. The summed E-state index contributed by atoms with van der Waals surface area (Å²) in [5.74, 6) is 1.68. The Morgan fingerprint density at radius 2 is 1.43 bits per heavy atom. The molecular formula is C19H26O2. The summed E-state index contributed by atoms with van der Waals surface area (Å²) in [7, 11) is 0. The minimum Gasteiger partial charge on any atom is -0.459 e. The molecule has 2 saturated carbocycles. The van der Waals surface area contributed by atoms with Gasteiger partial charge in [0.1, 0.15) is 6.10 Å². The highest BCUT2D eigenvalue weighted by atomic mass is 16.5. The van der Waals surface area contributed by atoms with Crippen LogP contribution >= 0.6 is 0 Å². The quantitative estimate of drug-likeness (QED) is 0.732. The lowest BCUT2D eigenvalue weighted by Crippen LogP contribution is -2.28. The average molecular weight is 286 g/mol. The standard InChI is InChI=1S/C19H26O2/c20-19(17-9-5-2-6-10-17)21-18-13-11-16(12-14-18)15-7-3-1-4-8-15/h2,5-6,9-10,15-16,18H,1,3-4,7-8,11-14H2. The molecule has 0 N–H and O–H groups in total. The first kappa shape index (κ1) is 14.6. The van der Waals surface area contributed by atoms with Crippen LogP contribution in [0.5, 0.6) is 0 Å². The van der Waals surface area contributed by atoms with Crippen molar-refractivity contribution >= 4 is 5.97 Å². The Morgan fingerprint density at radius 3 is 2.10 bits per heavy atom. The molecule has 0 aromatic heterocycles. The van der Waals surface area contributed by atoms with Gasteiger partial charge >= 0.3 is 5.97 Å². The van der Waals surface area contributed by atoms with E-state index in [-0.39, 0.29) is 12.1 Å². The van der Waals surface area contributed by atoms with Gasteiger partial charge in [-0.2, -0.15) is 0 Å². The molecule has 0 unspecified atom stereocenters. The van der Waals surface area contributed by atoms with Crippen molar-refractivity contribution in [3.05, 3.63) is 35.9 Å². The number of carbonyl (C=O) groups excluding carboxylic acids is 1. The molecule has 0 heterocycles. The highest BCUT2D eigenvalue weighted by molar-refractivity contribution is 5.89. The van der Waals surface area contributed by atoms with E-state index in [1.54, 1.807) is 0 Å². The molecule has 0 amide bonds. The fraction of sp³-hybridized carbons (Fsp3) is 0.632. The molecule has 0 aliphatic heterocycles. The number of ether oxygens (including phenoxy) is 1. The summed E-state index contributed by atoms with van der Waals surface area (Å²) in [5, 5.41) is 0. The first-order valence-corrected chi connectivity index (χ1v) is 8.59. The van der Waals surface area contributed by atoms with Gasteiger partial charge in [-0.3, -0.25) is 0 Å². The van der Waals surface area contributed by atoms with Gasteiger partial charge in [-0.25, -0.2) is 4.79 Å². The highest BCUT2D eigenvalue weighted by Gasteiger charge is 2.30. The second kappa shape index (κ2) is 7.11. The SMILES string of the molecule is O=C(OC1CCC(C2CCCCC2)CC1)c1ccccc1. The highest BCUT2D eigenvalue weighted by Crippen LogP contribution is 2.38. The van der Waals surface area contributed by atoms with E-state index in [1.807, 2.05) is 30.3 Å². The summed E-state index contributed by atoms with van der Waals surface area (Å²) >= 11 is 0. The Balaban J connectivity index is 1.46. The molecule has 2 fully saturated rings. The van der Waals surface area contributed by atoms with Crippen molar-refractivity contribution in [2.45, 2.75) is 63.9 Å². The zero-order valence-electron chi connectivity index (χ0n) is 12.8. The largest absolute Gasteiger partial charge is 0.459 e. The fourth-order valence-corrected chi connectivity index (χ4v) is 4.08. The molecule has 21 heavy (non-hydrogen) atoms. The molecule has 3 rings (SSSR count). The van der Waals surface area contributed by atoms with Crippen LogP contribution in [0.15, 0.2) is 30.3 Å². The van der Waals surface area contributed by atoms with Crippen molar-refractivity contribution in [3.63, 3.8) is 0 Å². The van der Waals surface area contributed by atoms with Crippen molar-refractivity contribution in [3.8, 4) is 0 Å². The second-order valence-corrected chi connectivity index (χ2v) is 6.71. The molecule has 0 atom stereocenters. The minimum atomic E-state index is -0.156. The Labute approximate surface area is 127 Å². The summed E-state index contributed by atoms with van der Waals surface area (Å²) in [6, 6.07) is 9.35. The normalized spacial score (nSPS) is 27.2. The van der Waals surface area contributed by atoms with Crippen LogP contribution in [-0.4, -0.2) is 12.1 Å². The predicted molar refractivity (Wildman–Crippen MR) is 84.2 cm³/mol. The van der Waals surface area contributed by atoms with Crippen molar-refractivity contribution in [1.82, 2.24) is 0 Å². The number of benzene rings is 1. The molecule has 0 saturated heterocycles. The summed E-state index contributed by atoms with van der Waals surface area (Å²) < 4.78 is 5.67. The zero-order chi connectivity index (χ0) is 14.5. The maximum atomic E-state index is 12.1. The molecule has 1 aromatic rings. The average Bonchev–Trinajstić information content (AvgIpc) is 2.57. The van der Waals surface area contributed by atoms with Crippen LogP contribution in [0.4, 0.5) is 0 Å². The Hall–Kier alpha value is -1.31. The van der Waals surface area contributed by atoms with E-state index < -0.39 is 0 Å². The van der Waals surface area contributed by atoms with Gasteiger partial charge in [0.15, 0.2) is 0 Å². The number of hydrogen-bond acceptors (Lipinski definition) is 2. The van der Waals surface area contributed by atoms with Crippen LogP contribution in [0.1, 0.15) is 68.1 Å². The van der Waals surface area contributed by atoms with Crippen molar-refractivity contribution in [1.29, 1.82) is 0 Å². The summed E-state index contributed by atoms with van der Waals surface area (Å²) in [4.78, 5) is 12.1. The molecule has 0 radical (unpaired) electrons. The van der Waals surface area contributed by atoms with Crippen molar-refractivity contribution in [2.24, 2.45) is 11.8 Å². The maximum absolute atomic E-state index is 12.1. The maximum Gasteiger partial charge on any atom is 0.338 e. The topological polar surface area (TPSA) is 26.3 Å². The molecular weight excluding hydrogens is 260 g/mol. The molecule has 2 nitrogen and oxygen atoms in total. The first-order chi connectivity index (χ1) is 10.3. The van der Waals surface area contributed by atoms with E-state index in [0.29, 0.717) is 5.56 Å². The summed E-state index contributed by atoms with van der Waals surface area (Å²) in [6.07, 6.45) is 11.9. The molecule has 2 aliphatic carbocycles. The molecule has 2 aliphatic rings. The lowest BCUT2D eigenvalue weighted by Gasteiger charge is -2.35. The lowest BCUT2D eigenvalue weighted by molar-refractivity contribution is 0.0117. The van der Waals surface area contributed by atoms with Gasteiger partial charge in [0, 0.05) is 0 Å². The van der Waals surface area contributed by atoms with Gasteiger partial charge < -0.3 is 4.74 Å². The molecule has 2 heteroatoms. The predicted octanol–water partition coefficient (Wildman–Crippen LogP) is 4.98. The molecule has 1 aromatic carbocycles. The van der Waals surface area contributed by atoms with Gasteiger partial charge in [0.25, 0.3) is 0 Å². The Bertz CT molecular complexity index is 440. The second-order valence-electron chi connectivity index (χ2n) is 6.71. The van der Waals surface area contributed by atoms with Crippen LogP contribution in [-0.2, 0) is 4.74 Å². The van der Waals surface area contributed by atoms with E-state index in [1.165, 1.54) is 44.9 Å². The van der Waals surface area contributed by atoms with Crippen LogP contribution < -0.4 is 0 Å². The minimum absolute atomic E-state index is 0.137. The Kier molecular flexibility index (Phi) is 4.95. The van der Waals surface area contributed by atoms with E-state index in [0.717, 1.165) is 24.7 Å². The van der Waals surface area contributed by atoms with E-state index in [2.05, 4.69) is 0 Å². The van der Waals surface area contributed by atoms with Gasteiger partial charge in [-0.05, 0) is 49.7 Å². The van der Waals surface area contributed by atoms with E-state index >= 15 is 0 Å². The van der Waals surface area contributed by atoms with Gasteiger partial charge in [-0.15, -0.1) is 0 Å². The molecule has 0 spiro atoms. The summed E-state index contributed by atoms with van der Waals surface area (Å²) in [6.45, 7) is 0. The number of carbonyl (C=O) groups is 1. The number of hydrogen-bond donors (Lipinski definition) is 0. The van der Waals surface area contributed by atoms with Crippen LogP contribution in [0.3, 0.4) is 0 Å². The van der Waals surface area contributed by atoms with Gasteiger partial charge in [0.2, 0.25) is 0 Å². The third-order valence-electron chi connectivity index (χ3n) is 5.32. The number of rotatable bonds is 3. The fourth-order valence-electron chi connectivity index (χ4n) is 4.08. The van der Waals surface area contributed by atoms with Crippen molar-refractivity contribution < 1.29 is 9.53 Å². The van der Waals surface area contributed by atoms with Crippen LogP contribution in [0.2, 0.25) is 0 Å². The van der Waals surface area contributed by atoms with Gasteiger partial charge in [-0.1, -0.05) is 50.3 Å². The van der Waals surface area contributed by atoms with E-state index in [4.69, 9.17) is 4.74 Å². The van der Waals surface area contributed by atoms with Crippen LogP contribution in [0, 0.1) is 11.8 Å². The molecule has 114 valence electrons. The summed E-state index contributed by atoms with van der Waals surface area (Å²) in [5.41, 5.74) is 0.673. The smallest absolute Gasteiger partial charge is 0.338 e. The third kappa shape index (κ3) is 3.87. The lowest BCUT2D eigenvalue weighted by atomic mass is 9.73. The zero-order valence-corrected chi connectivity index (χ0v) is 12.8. The van der Waals surface area contributed by atoms with E-state index in [9.17, 15) is 4.79 Å². The third-order valence-corrected chi connectivity index (χ3v) is 5.32.